The van der Waals surface area contributed by atoms with Gasteiger partial charge in [0.2, 0.25) is 0 Å². The fourth-order valence-electron chi connectivity index (χ4n) is 6.92. The van der Waals surface area contributed by atoms with Gasteiger partial charge in [-0.25, -0.2) is 19.3 Å². The van der Waals surface area contributed by atoms with Crippen molar-refractivity contribution >= 4 is 21.8 Å². The van der Waals surface area contributed by atoms with Crippen LogP contribution in [0.2, 0.25) is 0 Å². The fraction of sp³-hybridized carbons (Fsp3) is 0.170. The zero-order chi connectivity index (χ0) is 36.2. The van der Waals surface area contributed by atoms with Gasteiger partial charge in [-0.1, -0.05) is 145 Å². The number of halogens is 1. The standard InChI is InChI=1S/C47H41FN4/c1-46(2,3)33-22-25-40-37(28-33)38-29-34(47(4,5)6)23-26-41(38)52(40)42-27-32(21-24-36(42)35-19-13-14-20-39(35)48)45-50-43(30-15-9-7-10-16-30)49-44(51-45)31-17-11-8-12-18-31/h7-29H,1-6H3. The molecule has 0 N–H and O–H groups in total. The van der Waals surface area contributed by atoms with Crippen molar-refractivity contribution in [3.05, 3.63) is 156 Å². The maximum absolute atomic E-state index is 15.8. The van der Waals surface area contributed by atoms with Gasteiger partial charge in [0.1, 0.15) is 5.82 Å². The van der Waals surface area contributed by atoms with E-state index in [9.17, 15) is 0 Å². The fourth-order valence-corrected chi connectivity index (χ4v) is 6.92. The summed E-state index contributed by atoms with van der Waals surface area (Å²) >= 11 is 0. The number of rotatable bonds is 5. The van der Waals surface area contributed by atoms with E-state index in [0.29, 0.717) is 23.0 Å². The van der Waals surface area contributed by atoms with E-state index in [0.717, 1.165) is 49.7 Å². The maximum Gasteiger partial charge on any atom is 0.164 e. The molecule has 2 aromatic heterocycles. The van der Waals surface area contributed by atoms with E-state index in [1.807, 2.05) is 84.9 Å². The van der Waals surface area contributed by atoms with Crippen LogP contribution in [0.15, 0.2) is 140 Å². The largest absolute Gasteiger partial charge is 0.309 e. The molecular formula is C47H41FN4. The van der Waals surface area contributed by atoms with Crippen LogP contribution < -0.4 is 0 Å². The molecule has 0 aliphatic carbocycles. The molecule has 0 aliphatic heterocycles. The Bertz CT molecular complexity index is 2460. The van der Waals surface area contributed by atoms with Gasteiger partial charge in [-0.05, 0) is 58.4 Å². The van der Waals surface area contributed by atoms with Gasteiger partial charge in [0.05, 0.1) is 16.7 Å². The second-order valence-electron chi connectivity index (χ2n) is 15.5. The SMILES string of the molecule is CC(C)(C)c1ccc2c(c1)c1cc(C(C)(C)C)ccc1n2-c1cc(-c2nc(-c3ccccc3)nc(-c3ccccc3)n2)ccc1-c1ccccc1F. The van der Waals surface area contributed by atoms with Crippen molar-refractivity contribution in [1.29, 1.82) is 0 Å². The second-order valence-corrected chi connectivity index (χ2v) is 15.5. The van der Waals surface area contributed by atoms with Gasteiger partial charge in [-0.2, -0.15) is 0 Å². The minimum absolute atomic E-state index is 0.0336. The Morgan fingerprint density at radius 2 is 0.904 bits per heavy atom. The first-order chi connectivity index (χ1) is 25.0. The summed E-state index contributed by atoms with van der Waals surface area (Å²) in [6.45, 7) is 13.5. The normalized spacial score (nSPS) is 12.1. The van der Waals surface area contributed by atoms with Crippen molar-refractivity contribution in [2.45, 2.75) is 52.4 Å². The van der Waals surface area contributed by atoms with Crippen LogP contribution in [0, 0.1) is 5.82 Å². The average Bonchev–Trinajstić information content (AvgIpc) is 3.48. The minimum Gasteiger partial charge on any atom is -0.309 e. The number of nitrogens with zero attached hydrogens (tertiary/aromatic N) is 4. The van der Waals surface area contributed by atoms with Crippen LogP contribution in [0.5, 0.6) is 0 Å². The Morgan fingerprint density at radius 1 is 0.442 bits per heavy atom. The van der Waals surface area contributed by atoms with E-state index >= 15 is 4.39 Å². The van der Waals surface area contributed by atoms with Crippen molar-refractivity contribution < 1.29 is 4.39 Å². The van der Waals surface area contributed by atoms with Gasteiger partial charge in [-0.3, -0.25) is 0 Å². The molecule has 8 aromatic rings. The first kappa shape index (κ1) is 33.2. The van der Waals surface area contributed by atoms with Crippen LogP contribution >= 0.6 is 0 Å². The Labute approximate surface area is 304 Å². The molecule has 0 saturated carbocycles. The summed E-state index contributed by atoms with van der Waals surface area (Å²) in [4.78, 5) is 15.0. The molecule has 52 heavy (non-hydrogen) atoms. The number of hydrogen-bond donors (Lipinski definition) is 0. The van der Waals surface area contributed by atoms with Crippen LogP contribution in [0.1, 0.15) is 52.7 Å². The molecule has 0 spiro atoms. The molecular weight excluding hydrogens is 640 g/mol. The Balaban J connectivity index is 1.44. The van der Waals surface area contributed by atoms with Crippen molar-refractivity contribution in [2.75, 3.05) is 0 Å². The molecule has 2 heterocycles. The summed E-state index contributed by atoms with van der Waals surface area (Å²) in [5, 5.41) is 2.33. The summed E-state index contributed by atoms with van der Waals surface area (Å²) in [6, 6.07) is 46.6. The minimum atomic E-state index is -0.278. The highest BCUT2D eigenvalue weighted by molar-refractivity contribution is 6.10. The molecule has 5 heteroatoms. The zero-order valence-electron chi connectivity index (χ0n) is 30.4. The summed E-state index contributed by atoms with van der Waals surface area (Å²) in [6.07, 6.45) is 0. The van der Waals surface area contributed by atoms with Crippen LogP contribution in [-0.4, -0.2) is 19.5 Å². The average molecular weight is 681 g/mol. The summed E-state index contributed by atoms with van der Waals surface area (Å²) < 4.78 is 18.0. The second kappa shape index (κ2) is 12.7. The van der Waals surface area contributed by atoms with Crippen LogP contribution in [-0.2, 0) is 10.8 Å². The number of aromatic nitrogens is 4. The maximum atomic E-state index is 15.8. The van der Waals surface area contributed by atoms with Gasteiger partial charge < -0.3 is 4.57 Å². The zero-order valence-corrected chi connectivity index (χ0v) is 30.4. The molecule has 4 nitrogen and oxygen atoms in total. The lowest BCUT2D eigenvalue weighted by atomic mass is 9.85. The van der Waals surface area contributed by atoms with E-state index < -0.39 is 0 Å². The van der Waals surface area contributed by atoms with Crippen molar-refractivity contribution in [3.63, 3.8) is 0 Å². The number of fused-ring (bicyclic) bond motifs is 3. The van der Waals surface area contributed by atoms with E-state index in [2.05, 4.69) is 88.6 Å². The highest BCUT2D eigenvalue weighted by atomic mass is 19.1. The highest BCUT2D eigenvalue weighted by Gasteiger charge is 2.23. The highest BCUT2D eigenvalue weighted by Crippen LogP contribution is 2.41. The molecule has 0 amide bonds. The monoisotopic (exact) mass is 680 g/mol. The van der Waals surface area contributed by atoms with Gasteiger partial charge in [0.15, 0.2) is 17.5 Å². The molecule has 0 saturated heterocycles. The Morgan fingerprint density at radius 3 is 1.38 bits per heavy atom. The molecule has 256 valence electrons. The Kier molecular flexibility index (Phi) is 8.10. The van der Waals surface area contributed by atoms with Crippen molar-refractivity contribution in [3.8, 4) is 51.0 Å². The number of benzene rings is 6. The van der Waals surface area contributed by atoms with Crippen LogP contribution in [0.25, 0.3) is 72.8 Å². The first-order valence-corrected chi connectivity index (χ1v) is 17.8. The lowest BCUT2D eigenvalue weighted by molar-refractivity contribution is 0.590. The molecule has 0 atom stereocenters. The quantitative estimate of drug-likeness (QED) is 0.182. The van der Waals surface area contributed by atoms with Gasteiger partial charge in [-0.15, -0.1) is 0 Å². The van der Waals surface area contributed by atoms with Gasteiger partial charge in [0, 0.05) is 38.6 Å². The van der Waals surface area contributed by atoms with E-state index in [-0.39, 0.29) is 16.6 Å². The third-order valence-corrected chi connectivity index (χ3v) is 9.86. The van der Waals surface area contributed by atoms with Gasteiger partial charge >= 0.3 is 0 Å². The molecule has 8 rings (SSSR count). The smallest absolute Gasteiger partial charge is 0.164 e. The Hall–Kier alpha value is -5.94. The topological polar surface area (TPSA) is 43.6 Å². The first-order valence-electron chi connectivity index (χ1n) is 17.8. The van der Waals surface area contributed by atoms with Crippen LogP contribution in [0.3, 0.4) is 0 Å². The summed E-state index contributed by atoms with van der Waals surface area (Å²) in [5.74, 6) is 1.44. The predicted octanol–water partition coefficient (Wildman–Crippen LogP) is 12.4. The van der Waals surface area contributed by atoms with E-state index in [1.165, 1.54) is 17.2 Å². The lowest BCUT2D eigenvalue weighted by Crippen LogP contribution is -2.10. The van der Waals surface area contributed by atoms with Crippen LogP contribution in [0.4, 0.5) is 4.39 Å². The lowest BCUT2D eigenvalue weighted by Gasteiger charge is -2.20. The third-order valence-electron chi connectivity index (χ3n) is 9.86. The predicted molar refractivity (Wildman–Crippen MR) is 213 cm³/mol. The van der Waals surface area contributed by atoms with E-state index in [4.69, 9.17) is 15.0 Å². The summed E-state index contributed by atoms with van der Waals surface area (Å²) in [7, 11) is 0. The molecule has 0 aliphatic rings. The van der Waals surface area contributed by atoms with Crippen molar-refractivity contribution in [2.24, 2.45) is 0 Å². The molecule has 0 bridgehead atoms. The molecule has 0 fully saturated rings. The third kappa shape index (κ3) is 6.06. The summed E-state index contributed by atoms with van der Waals surface area (Å²) in [5.41, 5.74) is 9.31. The molecule has 6 aromatic carbocycles. The number of hydrogen-bond acceptors (Lipinski definition) is 3. The van der Waals surface area contributed by atoms with E-state index in [1.54, 1.807) is 6.07 Å². The van der Waals surface area contributed by atoms with Crippen molar-refractivity contribution in [1.82, 2.24) is 19.5 Å². The molecule has 0 unspecified atom stereocenters. The van der Waals surface area contributed by atoms with Gasteiger partial charge in [0.25, 0.3) is 0 Å². The molecule has 0 radical (unpaired) electrons.